The third kappa shape index (κ3) is 2.72. The molecule has 1 saturated heterocycles. The van der Waals surface area contributed by atoms with Gasteiger partial charge < -0.3 is 10.1 Å². The van der Waals surface area contributed by atoms with Gasteiger partial charge in [-0.1, -0.05) is 0 Å². The maximum atomic E-state index is 12.1. The topological polar surface area (TPSA) is 84.8 Å². The predicted octanol–water partition coefficient (Wildman–Crippen LogP) is 0.719. The molecule has 1 aliphatic heterocycles. The molecular formula is C13H17N5O2. The molecular weight excluding hydrogens is 258 g/mol. The van der Waals surface area contributed by atoms with Crippen molar-refractivity contribution in [3.8, 4) is 11.3 Å². The van der Waals surface area contributed by atoms with Crippen molar-refractivity contribution in [1.29, 1.82) is 0 Å². The molecule has 1 unspecified atom stereocenters. The van der Waals surface area contributed by atoms with Gasteiger partial charge in [0.25, 0.3) is 5.91 Å². The van der Waals surface area contributed by atoms with Gasteiger partial charge >= 0.3 is 0 Å². The lowest BCUT2D eigenvalue weighted by molar-refractivity contribution is 0.0622. The van der Waals surface area contributed by atoms with E-state index < -0.39 is 0 Å². The van der Waals surface area contributed by atoms with E-state index in [1.54, 1.807) is 16.9 Å². The van der Waals surface area contributed by atoms with E-state index >= 15 is 0 Å². The van der Waals surface area contributed by atoms with Gasteiger partial charge in [0.15, 0.2) is 0 Å². The summed E-state index contributed by atoms with van der Waals surface area (Å²) in [5.41, 5.74) is 2.04. The average molecular weight is 275 g/mol. The number of amides is 1. The number of carbonyl (C=O) groups excluding carboxylic acids is 1. The standard InChI is InChI=1S/C13H17N5O2/c1-18-7-9(6-14-18)11-5-12(17-16-11)13(19)15-10-3-2-4-20-8-10/h5-7,10H,2-4,8H2,1H3,(H,15,19)(H,16,17). The van der Waals surface area contributed by atoms with E-state index in [0.29, 0.717) is 18.0 Å². The van der Waals surface area contributed by atoms with Crippen molar-refractivity contribution in [2.75, 3.05) is 13.2 Å². The third-order valence-corrected chi connectivity index (χ3v) is 3.32. The van der Waals surface area contributed by atoms with Crippen LogP contribution in [0.1, 0.15) is 23.3 Å². The monoisotopic (exact) mass is 275 g/mol. The molecule has 0 spiro atoms. The second-order valence-corrected chi connectivity index (χ2v) is 4.96. The first-order valence-corrected chi connectivity index (χ1v) is 6.65. The molecule has 1 aliphatic rings. The highest BCUT2D eigenvalue weighted by Crippen LogP contribution is 2.16. The number of hydrogen-bond acceptors (Lipinski definition) is 4. The van der Waals surface area contributed by atoms with Crippen molar-refractivity contribution >= 4 is 5.91 Å². The van der Waals surface area contributed by atoms with Crippen LogP contribution in [0, 0.1) is 0 Å². The highest BCUT2D eigenvalue weighted by molar-refractivity contribution is 5.93. The Kier molecular flexibility index (Phi) is 3.51. The number of carbonyl (C=O) groups is 1. The van der Waals surface area contributed by atoms with Gasteiger partial charge in [0.2, 0.25) is 0 Å². The van der Waals surface area contributed by atoms with Crippen molar-refractivity contribution in [2.24, 2.45) is 7.05 Å². The van der Waals surface area contributed by atoms with Crippen LogP contribution in [-0.4, -0.2) is 45.1 Å². The van der Waals surface area contributed by atoms with Crippen LogP contribution >= 0.6 is 0 Å². The van der Waals surface area contributed by atoms with E-state index in [9.17, 15) is 4.79 Å². The summed E-state index contributed by atoms with van der Waals surface area (Å²) in [4.78, 5) is 12.1. The first-order chi connectivity index (χ1) is 9.72. The van der Waals surface area contributed by atoms with Crippen LogP contribution in [0.2, 0.25) is 0 Å². The fraction of sp³-hybridized carbons (Fsp3) is 0.462. The smallest absolute Gasteiger partial charge is 0.269 e. The summed E-state index contributed by atoms with van der Waals surface area (Å²) in [6.45, 7) is 1.36. The molecule has 7 nitrogen and oxygen atoms in total. The second kappa shape index (κ2) is 5.46. The number of ether oxygens (including phenoxy) is 1. The number of H-pyrrole nitrogens is 1. The quantitative estimate of drug-likeness (QED) is 0.864. The van der Waals surface area contributed by atoms with E-state index in [0.717, 1.165) is 25.0 Å². The summed E-state index contributed by atoms with van der Waals surface area (Å²) in [5, 5.41) is 13.9. The van der Waals surface area contributed by atoms with Gasteiger partial charge in [-0.25, -0.2) is 0 Å². The number of nitrogens with one attached hydrogen (secondary N) is 2. The van der Waals surface area contributed by atoms with Crippen molar-refractivity contribution in [3.63, 3.8) is 0 Å². The van der Waals surface area contributed by atoms with Crippen LogP contribution in [0.3, 0.4) is 0 Å². The Morgan fingerprint density at radius 3 is 3.20 bits per heavy atom. The van der Waals surface area contributed by atoms with Crippen LogP contribution < -0.4 is 5.32 Å². The minimum atomic E-state index is -0.150. The maximum absolute atomic E-state index is 12.1. The largest absolute Gasteiger partial charge is 0.379 e. The highest BCUT2D eigenvalue weighted by atomic mass is 16.5. The Labute approximate surface area is 116 Å². The van der Waals surface area contributed by atoms with Crippen molar-refractivity contribution in [2.45, 2.75) is 18.9 Å². The molecule has 1 fully saturated rings. The summed E-state index contributed by atoms with van der Waals surface area (Å²) in [6, 6.07) is 1.82. The van der Waals surface area contributed by atoms with Gasteiger partial charge in [-0.3, -0.25) is 14.6 Å². The molecule has 0 saturated carbocycles. The van der Waals surface area contributed by atoms with Gasteiger partial charge in [0.1, 0.15) is 5.69 Å². The summed E-state index contributed by atoms with van der Waals surface area (Å²) in [7, 11) is 1.84. The molecule has 0 bridgehead atoms. The fourth-order valence-electron chi connectivity index (χ4n) is 2.26. The molecule has 2 aromatic heterocycles. The van der Waals surface area contributed by atoms with Crippen molar-refractivity contribution < 1.29 is 9.53 Å². The number of rotatable bonds is 3. The Morgan fingerprint density at radius 1 is 1.60 bits per heavy atom. The van der Waals surface area contributed by atoms with Gasteiger partial charge in [0.05, 0.1) is 24.5 Å². The lowest BCUT2D eigenvalue weighted by atomic mass is 10.1. The lowest BCUT2D eigenvalue weighted by Crippen LogP contribution is -2.40. The molecule has 0 radical (unpaired) electrons. The molecule has 7 heteroatoms. The summed E-state index contributed by atoms with van der Waals surface area (Å²) in [5.74, 6) is -0.150. The zero-order valence-corrected chi connectivity index (χ0v) is 11.3. The fourth-order valence-corrected chi connectivity index (χ4v) is 2.26. The van der Waals surface area contributed by atoms with Crippen LogP contribution in [-0.2, 0) is 11.8 Å². The zero-order valence-electron chi connectivity index (χ0n) is 11.3. The first kappa shape index (κ1) is 12.9. The summed E-state index contributed by atoms with van der Waals surface area (Å²) in [6.07, 6.45) is 5.50. The van der Waals surface area contributed by atoms with Gasteiger partial charge in [-0.15, -0.1) is 0 Å². The molecule has 20 heavy (non-hydrogen) atoms. The minimum Gasteiger partial charge on any atom is -0.379 e. The molecule has 1 atom stereocenters. The molecule has 106 valence electrons. The predicted molar refractivity (Wildman–Crippen MR) is 72.1 cm³/mol. The van der Waals surface area contributed by atoms with E-state index in [2.05, 4.69) is 20.6 Å². The van der Waals surface area contributed by atoms with E-state index in [4.69, 9.17) is 4.74 Å². The number of aromatic nitrogens is 4. The van der Waals surface area contributed by atoms with E-state index in [-0.39, 0.29) is 11.9 Å². The van der Waals surface area contributed by atoms with Gasteiger partial charge in [-0.2, -0.15) is 10.2 Å². The number of nitrogens with zero attached hydrogens (tertiary/aromatic N) is 3. The van der Waals surface area contributed by atoms with Gasteiger partial charge in [-0.05, 0) is 18.9 Å². The normalized spacial score (nSPS) is 18.9. The Balaban J connectivity index is 1.68. The van der Waals surface area contributed by atoms with E-state index in [1.807, 2.05) is 13.2 Å². The van der Waals surface area contributed by atoms with Crippen molar-refractivity contribution in [1.82, 2.24) is 25.3 Å². The van der Waals surface area contributed by atoms with Crippen LogP contribution in [0.4, 0.5) is 0 Å². The minimum absolute atomic E-state index is 0.0846. The van der Waals surface area contributed by atoms with Crippen molar-refractivity contribution in [3.05, 3.63) is 24.2 Å². The number of aromatic amines is 1. The maximum Gasteiger partial charge on any atom is 0.269 e. The molecule has 2 aromatic rings. The average Bonchev–Trinajstić information content (AvgIpc) is 3.08. The first-order valence-electron chi connectivity index (χ1n) is 6.65. The lowest BCUT2D eigenvalue weighted by Gasteiger charge is -2.22. The molecule has 3 rings (SSSR count). The van der Waals surface area contributed by atoms with Crippen LogP contribution in [0.25, 0.3) is 11.3 Å². The second-order valence-electron chi connectivity index (χ2n) is 4.96. The van der Waals surface area contributed by atoms with Crippen LogP contribution in [0.5, 0.6) is 0 Å². The molecule has 0 aromatic carbocycles. The zero-order chi connectivity index (χ0) is 13.9. The Hall–Kier alpha value is -2.15. The Morgan fingerprint density at radius 2 is 2.50 bits per heavy atom. The molecule has 0 aliphatic carbocycles. The highest BCUT2D eigenvalue weighted by Gasteiger charge is 2.18. The number of aryl methyl sites for hydroxylation is 1. The summed E-state index contributed by atoms with van der Waals surface area (Å²) < 4.78 is 7.04. The van der Waals surface area contributed by atoms with E-state index in [1.165, 1.54) is 0 Å². The Bertz CT molecular complexity index is 597. The molecule has 3 heterocycles. The molecule has 2 N–H and O–H groups in total. The summed E-state index contributed by atoms with van der Waals surface area (Å²) >= 11 is 0. The van der Waals surface area contributed by atoms with Gasteiger partial charge in [0, 0.05) is 25.4 Å². The molecule has 1 amide bonds. The van der Waals surface area contributed by atoms with Crippen LogP contribution in [0.15, 0.2) is 18.5 Å². The third-order valence-electron chi connectivity index (χ3n) is 3.32. The number of hydrogen-bond donors (Lipinski definition) is 2. The SMILES string of the molecule is Cn1cc(-c2cc(C(=O)NC3CCCOC3)[nH]n2)cn1.